The highest BCUT2D eigenvalue weighted by atomic mass is 31.2. The molecule has 0 spiro atoms. The van der Waals surface area contributed by atoms with E-state index in [0.29, 0.717) is 22.9 Å². The molecular formula is C13H15F3N5OP. The van der Waals surface area contributed by atoms with Gasteiger partial charge in [-0.1, -0.05) is 0 Å². The predicted octanol–water partition coefficient (Wildman–Crippen LogP) is 2.77. The van der Waals surface area contributed by atoms with Gasteiger partial charge in [-0.25, -0.2) is 4.98 Å². The zero-order valence-electron chi connectivity index (χ0n) is 12.6. The van der Waals surface area contributed by atoms with Gasteiger partial charge < -0.3 is 15.6 Å². The summed E-state index contributed by atoms with van der Waals surface area (Å²) in [5, 5.41) is 2.77. The molecular weight excluding hydrogens is 330 g/mol. The lowest BCUT2D eigenvalue weighted by atomic mass is 10.2. The van der Waals surface area contributed by atoms with Crippen molar-refractivity contribution in [1.82, 2.24) is 15.0 Å². The standard InChI is InChI=1S/C13H15F3N5OP/c1-7-5-18-10(23(2,3)22)4-9(7)20-12-19-6-8(11(17)21-12)13(14,15)16/h4-6H,1-3H3,(H3,17,18,19,20,21). The summed E-state index contributed by atoms with van der Waals surface area (Å²) in [6.45, 7) is 4.88. The van der Waals surface area contributed by atoms with E-state index in [4.69, 9.17) is 5.73 Å². The largest absolute Gasteiger partial charge is 0.421 e. The number of alkyl halides is 3. The number of hydrogen-bond acceptors (Lipinski definition) is 6. The summed E-state index contributed by atoms with van der Waals surface area (Å²) < 4.78 is 50.0. The number of nitrogens with zero attached hydrogens (tertiary/aromatic N) is 3. The van der Waals surface area contributed by atoms with Gasteiger partial charge in [0.1, 0.15) is 24.0 Å². The minimum Gasteiger partial charge on any atom is -0.383 e. The summed E-state index contributed by atoms with van der Waals surface area (Å²) in [7, 11) is -2.57. The van der Waals surface area contributed by atoms with E-state index < -0.39 is 24.7 Å². The molecule has 2 aromatic heterocycles. The lowest BCUT2D eigenvalue weighted by Crippen LogP contribution is -2.14. The summed E-state index contributed by atoms with van der Waals surface area (Å²) in [5.74, 6) is -0.753. The molecule has 0 aromatic carbocycles. The van der Waals surface area contributed by atoms with Crippen molar-refractivity contribution in [1.29, 1.82) is 0 Å². The van der Waals surface area contributed by atoms with E-state index >= 15 is 0 Å². The molecule has 2 rings (SSSR count). The van der Waals surface area contributed by atoms with Crippen LogP contribution in [-0.4, -0.2) is 28.3 Å². The first kappa shape index (κ1) is 17.2. The number of nitrogen functional groups attached to an aromatic ring is 1. The predicted molar refractivity (Wildman–Crippen MR) is 82.8 cm³/mol. The van der Waals surface area contributed by atoms with Crippen LogP contribution in [0.5, 0.6) is 0 Å². The van der Waals surface area contributed by atoms with Crippen LogP contribution in [-0.2, 0) is 10.7 Å². The summed E-state index contributed by atoms with van der Waals surface area (Å²) in [6.07, 6.45) is -2.48. The SMILES string of the molecule is Cc1cnc(P(C)(C)=O)cc1Nc1ncc(C(F)(F)F)c(N)n1. The Balaban J connectivity index is 2.37. The van der Waals surface area contributed by atoms with Gasteiger partial charge in [0.25, 0.3) is 0 Å². The summed E-state index contributed by atoms with van der Waals surface area (Å²) in [5.41, 5.74) is 5.83. The zero-order valence-corrected chi connectivity index (χ0v) is 13.5. The molecule has 0 bridgehead atoms. The Bertz CT molecular complexity index is 788. The maximum atomic E-state index is 12.6. The molecule has 0 atom stereocenters. The molecule has 0 aliphatic heterocycles. The number of hydrogen-bond donors (Lipinski definition) is 2. The van der Waals surface area contributed by atoms with Crippen LogP contribution >= 0.6 is 7.14 Å². The maximum Gasteiger partial charge on any atom is 0.421 e. The highest BCUT2D eigenvalue weighted by molar-refractivity contribution is 7.69. The van der Waals surface area contributed by atoms with Crippen LogP contribution in [0, 0.1) is 6.92 Å². The topological polar surface area (TPSA) is 93.8 Å². The van der Waals surface area contributed by atoms with Crippen LogP contribution in [0.1, 0.15) is 11.1 Å². The van der Waals surface area contributed by atoms with Crippen molar-refractivity contribution in [3.63, 3.8) is 0 Å². The molecule has 0 unspecified atom stereocenters. The van der Waals surface area contributed by atoms with Gasteiger partial charge in [0.2, 0.25) is 5.95 Å². The highest BCUT2D eigenvalue weighted by Gasteiger charge is 2.34. The van der Waals surface area contributed by atoms with Crippen molar-refractivity contribution in [2.45, 2.75) is 13.1 Å². The van der Waals surface area contributed by atoms with Crippen LogP contribution in [0.4, 0.5) is 30.6 Å². The van der Waals surface area contributed by atoms with Crippen molar-refractivity contribution in [3.8, 4) is 0 Å². The minimum atomic E-state index is -4.61. The summed E-state index contributed by atoms with van der Waals surface area (Å²) >= 11 is 0. The molecule has 10 heteroatoms. The molecule has 3 N–H and O–H groups in total. The van der Waals surface area contributed by atoms with Gasteiger partial charge in [0.15, 0.2) is 0 Å². The summed E-state index contributed by atoms with van der Waals surface area (Å²) in [4.78, 5) is 11.3. The molecule has 0 aliphatic rings. The molecule has 0 saturated heterocycles. The first-order valence-electron chi connectivity index (χ1n) is 6.47. The lowest BCUT2D eigenvalue weighted by Gasteiger charge is -2.13. The first-order chi connectivity index (χ1) is 10.5. The number of nitrogens with two attached hydrogens (primary N) is 1. The average molecular weight is 345 g/mol. The van der Waals surface area contributed by atoms with Gasteiger partial charge >= 0.3 is 6.18 Å². The molecule has 2 aromatic rings. The monoisotopic (exact) mass is 345 g/mol. The van der Waals surface area contributed by atoms with E-state index in [9.17, 15) is 17.7 Å². The molecule has 0 fully saturated rings. The smallest absolute Gasteiger partial charge is 0.383 e. The Morgan fingerprint density at radius 3 is 2.39 bits per heavy atom. The van der Waals surface area contributed by atoms with Crippen LogP contribution in [0.2, 0.25) is 0 Å². The Labute approximate surface area is 130 Å². The molecule has 2 heterocycles. The third-order valence-electron chi connectivity index (χ3n) is 3.01. The second-order valence-electron chi connectivity index (χ2n) is 5.32. The third-order valence-corrected chi connectivity index (χ3v) is 4.36. The number of aryl methyl sites for hydroxylation is 1. The fraction of sp³-hybridized carbons (Fsp3) is 0.308. The van der Waals surface area contributed by atoms with Gasteiger partial charge in [-0.05, 0) is 31.9 Å². The van der Waals surface area contributed by atoms with Gasteiger partial charge in [0.05, 0.1) is 0 Å². The molecule has 0 saturated carbocycles. The third kappa shape index (κ3) is 3.98. The Hall–Kier alpha value is -2.15. The van der Waals surface area contributed by atoms with E-state index in [-0.39, 0.29) is 5.95 Å². The van der Waals surface area contributed by atoms with Gasteiger partial charge in [-0.2, -0.15) is 18.2 Å². The first-order valence-corrected chi connectivity index (χ1v) is 9.07. The highest BCUT2D eigenvalue weighted by Crippen LogP contribution is 2.35. The number of nitrogens with one attached hydrogen (secondary N) is 1. The van der Waals surface area contributed by atoms with Crippen LogP contribution in [0.15, 0.2) is 18.5 Å². The number of halogens is 3. The Morgan fingerprint density at radius 1 is 1.22 bits per heavy atom. The van der Waals surface area contributed by atoms with E-state index in [0.717, 1.165) is 0 Å². The van der Waals surface area contributed by atoms with Crippen molar-refractivity contribution < 1.29 is 17.7 Å². The number of pyridine rings is 1. The molecule has 124 valence electrons. The van der Waals surface area contributed by atoms with E-state index in [2.05, 4.69) is 20.3 Å². The van der Waals surface area contributed by atoms with Crippen molar-refractivity contribution in [3.05, 3.63) is 29.6 Å². The van der Waals surface area contributed by atoms with Crippen LogP contribution in [0.25, 0.3) is 0 Å². The fourth-order valence-electron chi connectivity index (χ4n) is 1.74. The number of rotatable bonds is 3. The van der Waals surface area contributed by atoms with Crippen molar-refractivity contribution >= 4 is 30.0 Å². The van der Waals surface area contributed by atoms with Crippen molar-refractivity contribution in [2.75, 3.05) is 24.4 Å². The lowest BCUT2D eigenvalue weighted by molar-refractivity contribution is -0.137. The van der Waals surface area contributed by atoms with E-state index in [1.54, 1.807) is 26.3 Å². The van der Waals surface area contributed by atoms with Crippen LogP contribution in [0.3, 0.4) is 0 Å². The zero-order chi connectivity index (χ0) is 17.4. The van der Waals surface area contributed by atoms with Gasteiger partial charge in [-0.3, -0.25) is 4.98 Å². The molecule has 0 radical (unpaired) electrons. The number of aromatic nitrogens is 3. The Kier molecular flexibility index (Phi) is 4.34. The Morgan fingerprint density at radius 2 is 1.87 bits per heavy atom. The quantitative estimate of drug-likeness (QED) is 0.831. The number of anilines is 3. The van der Waals surface area contributed by atoms with Crippen LogP contribution < -0.4 is 16.5 Å². The molecule has 23 heavy (non-hydrogen) atoms. The average Bonchev–Trinajstić information content (AvgIpc) is 2.38. The second-order valence-corrected chi connectivity index (χ2v) is 8.48. The van der Waals surface area contributed by atoms with E-state index in [1.807, 2.05) is 0 Å². The van der Waals surface area contributed by atoms with Gasteiger partial charge in [0, 0.05) is 18.1 Å². The second kappa shape index (κ2) is 5.81. The fourth-order valence-corrected chi connectivity index (χ4v) is 2.51. The normalized spacial score (nSPS) is 12.3. The molecule has 6 nitrogen and oxygen atoms in total. The van der Waals surface area contributed by atoms with Crippen molar-refractivity contribution in [2.24, 2.45) is 0 Å². The molecule has 0 aliphatic carbocycles. The molecule has 0 amide bonds. The maximum absolute atomic E-state index is 12.6. The van der Waals surface area contributed by atoms with Gasteiger partial charge in [-0.15, -0.1) is 0 Å². The summed E-state index contributed by atoms with van der Waals surface area (Å²) in [6, 6.07) is 1.56. The van der Waals surface area contributed by atoms with E-state index in [1.165, 1.54) is 6.20 Å². The minimum absolute atomic E-state index is 0.0854.